The smallest absolute Gasteiger partial charge is 0.216 e. The maximum atomic E-state index is 13.1. The summed E-state index contributed by atoms with van der Waals surface area (Å²) >= 11 is 0. The third kappa shape index (κ3) is 3.59. The van der Waals surface area contributed by atoms with E-state index >= 15 is 0 Å². The Bertz CT molecular complexity index is 613. The molecule has 1 aromatic carbocycles. The molecule has 0 unspecified atom stereocenters. The number of ether oxygens (including phenoxy) is 1. The fourth-order valence-electron chi connectivity index (χ4n) is 2.31. The second kappa shape index (κ2) is 6.69. The van der Waals surface area contributed by atoms with E-state index in [1.54, 1.807) is 23.9 Å². The normalized spacial score (nSPS) is 12.4. The number of rotatable bonds is 6. The van der Waals surface area contributed by atoms with Crippen molar-refractivity contribution in [1.29, 1.82) is 0 Å². The van der Waals surface area contributed by atoms with Crippen molar-refractivity contribution < 1.29 is 14.2 Å². The molecule has 21 heavy (non-hydrogen) atoms. The summed E-state index contributed by atoms with van der Waals surface area (Å²) in [6.07, 6.45) is -0.760. The Morgan fingerprint density at radius 3 is 2.90 bits per heavy atom. The van der Waals surface area contributed by atoms with Gasteiger partial charge in [0, 0.05) is 20.1 Å². The van der Waals surface area contributed by atoms with Crippen molar-refractivity contribution in [3.05, 3.63) is 46.9 Å². The molecule has 0 fully saturated rings. The predicted octanol–water partition coefficient (Wildman–Crippen LogP) is 1.70. The molecule has 0 saturated heterocycles. The lowest BCUT2D eigenvalue weighted by Crippen LogP contribution is -2.21. The number of aliphatic hydroxyl groups excluding tert-OH is 1. The molecule has 5 nitrogen and oxygen atoms in total. The molecule has 0 saturated carbocycles. The molecule has 0 bridgehead atoms. The van der Waals surface area contributed by atoms with E-state index in [2.05, 4.69) is 10.4 Å². The predicted molar refractivity (Wildman–Crippen MR) is 77.6 cm³/mol. The topological polar surface area (TPSA) is 59.3 Å². The van der Waals surface area contributed by atoms with Crippen molar-refractivity contribution in [2.75, 3.05) is 13.7 Å². The summed E-state index contributed by atoms with van der Waals surface area (Å²) < 4.78 is 20.1. The van der Waals surface area contributed by atoms with E-state index in [-0.39, 0.29) is 5.82 Å². The van der Waals surface area contributed by atoms with Gasteiger partial charge in [0.15, 0.2) is 0 Å². The molecule has 0 aliphatic rings. The number of methoxy groups -OCH3 is 1. The molecular formula is C15H20FN3O2. The Morgan fingerprint density at radius 1 is 1.48 bits per heavy atom. The van der Waals surface area contributed by atoms with Crippen molar-refractivity contribution in [2.24, 2.45) is 7.05 Å². The van der Waals surface area contributed by atoms with Crippen LogP contribution < -0.4 is 10.1 Å². The average molecular weight is 293 g/mol. The van der Waals surface area contributed by atoms with E-state index in [4.69, 9.17) is 4.74 Å². The maximum Gasteiger partial charge on any atom is 0.216 e. The average Bonchev–Trinajstić information content (AvgIpc) is 2.72. The second-order valence-corrected chi connectivity index (χ2v) is 4.90. The lowest BCUT2D eigenvalue weighted by molar-refractivity contribution is 0.173. The fraction of sp³-hybridized carbons (Fsp3) is 0.400. The Hall–Kier alpha value is -1.92. The molecule has 2 N–H and O–H groups in total. The highest BCUT2D eigenvalue weighted by molar-refractivity contribution is 5.30. The van der Waals surface area contributed by atoms with Crippen LogP contribution in [0, 0.1) is 12.7 Å². The number of aliphatic hydroxyl groups is 1. The first-order valence-electron chi connectivity index (χ1n) is 6.73. The highest BCUT2D eigenvalue weighted by atomic mass is 19.1. The molecule has 0 amide bonds. The minimum atomic E-state index is -0.760. The summed E-state index contributed by atoms with van der Waals surface area (Å²) in [6, 6.07) is 5.98. The molecule has 114 valence electrons. The van der Waals surface area contributed by atoms with Gasteiger partial charge in [0.2, 0.25) is 5.88 Å². The van der Waals surface area contributed by atoms with E-state index in [1.165, 1.54) is 12.1 Å². The molecule has 1 heterocycles. The standard InChI is InChI=1S/C15H20FN3O2/c1-10-13(15(21-3)19(2)18-10)8-17-9-14(20)11-5-4-6-12(16)7-11/h4-7,14,17,20H,8-9H2,1-3H3/t14-/m0/s1. The van der Waals surface area contributed by atoms with Gasteiger partial charge in [0.05, 0.1) is 24.5 Å². The summed E-state index contributed by atoms with van der Waals surface area (Å²) in [6.45, 7) is 2.75. The van der Waals surface area contributed by atoms with E-state index in [0.717, 1.165) is 11.3 Å². The number of hydrogen-bond donors (Lipinski definition) is 2. The van der Waals surface area contributed by atoms with Crippen LogP contribution >= 0.6 is 0 Å². The first-order valence-corrected chi connectivity index (χ1v) is 6.73. The number of benzene rings is 1. The van der Waals surface area contributed by atoms with Crippen molar-refractivity contribution in [3.63, 3.8) is 0 Å². The van der Waals surface area contributed by atoms with Gasteiger partial charge in [-0.05, 0) is 24.6 Å². The van der Waals surface area contributed by atoms with Crippen LogP contribution in [0.5, 0.6) is 5.88 Å². The largest absolute Gasteiger partial charge is 0.481 e. The molecule has 1 atom stereocenters. The first-order chi connectivity index (χ1) is 10.0. The van der Waals surface area contributed by atoms with E-state index in [9.17, 15) is 9.50 Å². The van der Waals surface area contributed by atoms with Crippen LogP contribution in [-0.2, 0) is 13.6 Å². The van der Waals surface area contributed by atoms with Crippen molar-refractivity contribution in [3.8, 4) is 5.88 Å². The summed E-state index contributed by atoms with van der Waals surface area (Å²) in [4.78, 5) is 0. The molecule has 0 spiro atoms. The summed E-state index contributed by atoms with van der Waals surface area (Å²) in [5.74, 6) is 0.344. The van der Waals surface area contributed by atoms with Crippen LogP contribution in [0.1, 0.15) is 22.9 Å². The molecule has 1 aromatic heterocycles. The van der Waals surface area contributed by atoms with E-state index < -0.39 is 6.10 Å². The van der Waals surface area contributed by atoms with Gasteiger partial charge in [-0.1, -0.05) is 12.1 Å². The molecule has 0 aliphatic carbocycles. The highest BCUT2D eigenvalue weighted by Crippen LogP contribution is 2.21. The monoisotopic (exact) mass is 293 g/mol. The van der Waals surface area contributed by atoms with Crippen LogP contribution in [0.15, 0.2) is 24.3 Å². The number of halogens is 1. The molecule has 0 aliphatic heterocycles. The van der Waals surface area contributed by atoms with Crippen LogP contribution in [0.4, 0.5) is 4.39 Å². The van der Waals surface area contributed by atoms with Crippen LogP contribution in [-0.4, -0.2) is 28.5 Å². The molecule has 0 radical (unpaired) electrons. The minimum Gasteiger partial charge on any atom is -0.481 e. The van der Waals surface area contributed by atoms with Gasteiger partial charge >= 0.3 is 0 Å². The van der Waals surface area contributed by atoms with Gasteiger partial charge in [0.1, 0.15) is 5.82 Å². The highest BCUT2D eigenvalue weighted by Gasteiger charge is 2.14. The summed E-state index contributed by atoms with van der Waals surface area (Å²) in [5, 5.41) is 17.5. The number of hydrogen-bond acceptors (Lipinski definition) is 4. The summed E-state index contributed by atoms with van der Waals surface area (Å²) in [5.41, 5.74) is 2.38. The van der Waals surface area contributed by atoms with Crippen molar-refractivity contribution >= 4 is 0 Å². The van der Waals surface area contributed by atoms with E-state index in [0.29, 0.717) is 24.5 Å². The van der Waals surface area contributed by atoms with Crippen LogP contribution in [0.25, 0.3) is 0 Å². The second-order valence-electron chi connectivity index (χ2n) is 4.90. The molecule has 2 aromatic rings. The Kier molecular flexibility index (Phi) is 4.93. The molecule has 6 heteroatoms. The van der Waals surface area contributed by atoms with Gasteiger partial charge < -0.3 is 15.2 Å². The first kappa shape index (κ1) is 15.5. The van der Waals surface area contributed by atoms with Gasteiger partial charge in [-0.3, -0.25) is 0 Å². The SMILES string of the molecule is COc1c(CNC[C@H](O)c2cccc(F)c2)c(C)nn1C. The Balaban J connectivity index is 1.95. The Morgan fingerprint density at radius 2 is 2.24 bits per heavy atom. The zero-order valence-corrected chi connectivity index (χ0v) is 12.4. The zero-order chi connectivity index (χ0) is 15.4. The van der Waals surface area contributed by atoms with Crippen LogP contribution in [0.2, 0.25) is 0 Å². The van der Waals surface area contributed by atoms with Gasteiger partial charge in [-0.15, -0.1) is 0 Å². The third-order valence-corrected chi connectivity index (χ3v) is 3.36. The zero-order valence-electron chi connectivity index (χ0n) is 12.4. The molecule has 2 rings (SSSR count). The van der Waals surface area contributed by atoms with Crippen molar-refractivity contribution in [1.82, 2.24) is 15.1 Å². The van der Waals surface area contributed by atoms with E-state index in [1.807, 2.05) is 14.0 Å². The fourth-order valence-corrected chi connectivity index (χ4v) is 2.31. The Labute approximate surface area is 123 Å². The van der Waals surface area contributed by atoms with Gasteiger partial charge in [-0.2, -0.15) is 5.10 Å². The van der Waals surface area contributed by atoms with Gasteiger partial charge in [-0.25, -0.2) is 9.07 Å². The summed E-state index contributed by atoms with van der Waals surface area (Å²) in [7, 11) is 3.42. The van der Waals surface area contributed by atoms with Crippen molar-refractivity contribution in [2.45, 2.75) is 19.6 Å². The maximum absolute atomic E-state index is 13.1. The lowest BCUT2D eigenvalue weighted by Gasteiger charge is -2.12. The molecular weight excluding hydrogens is 273 g/mol. The third-order valence-electron chi connectivity index (χ3n) is 3.36. The quantitative estimate of drug-likeness (QED) is 0.851. The number of aromatic nitrogens is 2. The number of nitrogens with one attached hydrogen (secondary N) is 1. The minimum absolute atomic E-state index is 0.320. The lowest BCUT2D eigenvalue weighted by atomic mass is 10.1. The van der Waals surface area contributed by atoms with Gasteiger partial charge in [0.25, 0.3) is 0 Å². The number of nitrogens with zero attached hydrogens (tertiary/aromatic N) is 2. The van der Waals surface area contributed by atoms with Crippen LogP contribution in [0.3, 0.4) is 0 Å². The number of aryl methyl sites for hydroxylation is 2.